The predicted octanol–water partition coefficient (Wildman–Crippen LogP) is 4.42. The highest BCUT2D eigenvalue weighted by Gasteiger charge is 2.19. The topological polar surface area (TPSA) is 95.0 Å². The Labute approximate surface area is 225 Å². The number of fused-ring (bicyclic) bond motifs is 1. The first-order valence-corrected chi connectivity index (χ1v) is 12.9. The van der Waals surface area contributed by atoms with Crippen molar-refractivity contribution in [2.24, 2.45) is 0 Å². The third-order valence-corrected chi connectivity index (χ3v) is 6.88. The molecule has 0 fully saturated rings. The average molecular weight is 533 g/mol. The number of ether oxygens (including phenoxy) is 4. The maximum atomic E-state index is 12.7. The summed E-state index contributed by atoms with van der Waals surface area (Å²) in [6, 6.07) is 15.5. The molecule has 0 saturated carbocycles. The van der Waals surface area contributed by atoms with E-state index in [0.717, 1.165) is 44.7 Å². The molecule has 0 radical (unpaired) electrons. The summed E-state index contributed by atoms with van der Waals surface area (Å²) in [6.45, 7) is 2.41. The minimum atomic E-state index is -0.213. The molecule has 2 aromatic carbocycles. The van der Waals surface area contributed by atoms with E-state index in [1.54, 1.807) is 32.0 Å². The van der Waals surface area contributed by atoms with Crippen LogP contribution in [0.1, 0.15) is 32.2 Å². The molecule has 0 spiro atoms. The summed E-state index contributed by atoms with van der Waals surface area (Å²) in [5.41, 5.74) is 3.42. The molecule has 38 heavy (non-hydrogen) atoms. The zero-order valence-electron chi connectivity index (χ0n) is 21.2. The molecule has 0 bridgehead atoms. The van der Waals surface area contributed by atoms with Gasteiger partial charge in [-0.1, -0.05) is 18.2 Å². The van der Waals surface area contributed by atoms with Gasteiger partial charge < -0.3 is 24.3 Å². The minimum Gasteiger partial charge on any atom is -0.497 e. The Kier molecular flexibility index (Phi) is 8.01. The fraction of sp³-hybridized carbons (Fsp3) is 0.250. The summed E-state index contributed by atoms with van der Waals surface area (Å²) in [5.74, 6) is 2.75. The number of benzene rings is 2. The van der Waals surface area contributed by atoms with Crippen molar-refractivity contribution in [2.45, 2.75) is 26.2 Å². The van der Waals surface area contributed by atoms with E-state index in [-0.39, 0.29) is 12.7 Å². The van der Waals surface area contributed by atoms with E-state index in [9.17, 15) is 4.79 Å². The van der Waals surface area contributed by atoms with E-state index < -0.39 is 0 Å². The summed E-state index contributed by atoms with van der Waals surface area (Å²) < 4.78 is 22.0. The molecule has 3 heterocycles. The van der Waals surface area contributed by atoms with Crippen LogP contribution < -0.4 is 24.3 Å². The van der Waals surface area contributed by atoms with Gasteiger partial charge in [0.2, 0.25) is 6.79 Å². The van der Waals surface area contributed by atoms with Gasteiger partial charge in [0.05, 0.1) is 20.8 Å². The van der Waals surface area contributed by atoms with E-state index in [1.165, 1.54) is 11.3 Å². The second kappa shape index (κ2) is 11.9. The summed E-state index contributed by atoms with van der Waals surface area (Å²) >= 11 is 1.46. The maximum absolute atomic E-state index is 12.7. The summed E-state index contributed by atoms with van der Waals surface area (Å²) in [6.07, 6.45) is 3.43. The van der Waals surface area contributed by atoms with Crippen LogP contribution >= 0.6 is 11.3 Å². The van der Waals surface area contributed by atoms with Crippen LogP contribution in [0.15, 0.2) is 66.3 Å². The van der Waals surface area contributed by atoms with Crippen molar-refractivity contribution < 1.29 is 23.7 Å². The number of rotatable bonds is 11. The van der Waals surface area contributed by atoms with Gasteiger partial charge in [-0.05, 0) is 35.4 Å². The van der Waals surface area contributed by atoms with Gasteiger partial charge in [0.1, 0.15) is 22.2 Å². The third-order valence-electron chi connectivity index (χ3n) is 6.05. The molecule has 1 aliphatic rings. The van der Waals surface area contributed by atoms with Gasteiger partial charge in [0.25, 0.3) is 5.91 Å². The van der Waals surface area contributed by atoms with E-state index >= 15 is 0 Å². The van der Waals surface area contributed by atoms with Crippen molar-refractivity contribution in [3.05, 3.63) is 93.7 Å². The van der Waals surface area contributed by atoms with Crippen LogP contribution in [-0.4, -0.2) is 41.8 Å². The lowest BCUT2D eigenvalue weighted by Crippen LogP contribution is -2.24. The van der Waals surface area contributed by atoms with E-state index in [0.29, 0.717) is 31.9 Å². The van der Waals surface area contributed by atoms with Gasteiger partial charge in [0, 0.05) is 49.0 Å². The molecule has 0 atom stereocenters. The van der Waals surface area contributed by atoms with Crippen molar-refractivity contribution in [3.63, 3.8) is 0 Å². The standard InChI is InChI=1S/C28H28N4O5S/c1-34-22-7-6-21(25(11-22)35-2)15-32(14-19-5-8-24-26(10-19)37-18-36-24)16-27-31-23(17-38-27)28(33)30-13-20-4-3-9-29-12-20/h3-12,17H,13-16,18H2,1-2H3,(H,30,33). The molecular weight excluding hydrogens is 504 g/mol. The number of carbonyl (C=O) groups is 1. The molecule has 196 valence electrons. The van der Waals surface area contributed by atoms with Crippen molar-refractivity contribution >= 4 is 17.2 Å². The highest BCUT2D eigenvalue weighted by atomic mass is 32.1. The fourth-order valence-corrected chi connectivity index (χ4v) is 4.96. The van der Waals surface area contributed by atoms with Crippen molar-refractivity contribution in [1.82, 2.24) is 20.2 Å². The average Bonchev–Trinajstić information content (AvgIpc) is 3.62. The van der Waals surface area contributed by atoms with Gasteiger partial charge in [-0.15, -0.1) is 11.3 Å². The van der Waals surface area contributed by atoms with Gasteiger partial charge in [0.15, 0.2) is 11.5 Å². The van der Waals surface area contributed by atoms with Crippen LogP contribution in [-0.2, 0) is 26.2 Å². The molecule has 1 aliphatic heterocycles. The molecule has 2 aromatic heterocycles. The fourth-order valence-electron chi connectivity index (χ4n) is 4.14. The van der Waals surface area contributed by atoms with E-state index in [4.69, 9.17) is 18.9 Å². The number of carbonyl (C=O) groups excluding carboxylic acids is 1. The molecule has 0 aliphatic carbocycles. The molecule has 9 nitrogen and oxygen atoms in total. The molecule has 0 saturated heterocycles. The van der Waals surface area contributed by atoms with E-state index in [2.05, 4.69) is 20.2 Å². The third kappa shape index (κ3) is 6.21. The lowest BCUT2D eigenvalue weighted by Gasteiger charge is -2.23. The number of amides is 1. The Morgan fingerprint density at radius 3 is 2.74 bits per heavy atom. The van der Waals surface area contributed by atoms with Crippen LogP contribution in [0, 0.1) is 0 Å². The molecule has 1 amide bonds. The number of pyridine rings is 1. The maximum Gasteiger partial charge on any atom is 0.271 e. The number of hydrogen-bond acceptors (Lipinski definition) is 9. The highest BCUT2D eigenvalue weighted by molar-refractivity contribution is 7.09. The lowest BCUT2D eigenvalue weighted by atomic mass is 10.1. The summed E-state index contributed by atoms with van der Waals surface area (Å²) in [5, 5.41) is 5.54. The van der Waals surface area contributed by atoms with Gasteiger partial charge >= 0.3 is 0 Å². The molecule has 0 unspecified atom stereocenters. The molecule has 1 N–H and O–H groups in total. The first kappa shape index (κ1) is 25.5. The summed E-state index contributed by atoms with van der Waals surface area (Å²) in [4.78, 5) is 23.7. The molecular formula is C28H28N4O5S. The Bertz CT molecular complexity index is 1400. The van der Waals surface area contributed by atoms with Gasteiger partial charge in [-0.3, -0.25) is 14.7 Å². The van der Waals surface area contributed by atoms with Crippen molar-refractivity contribution in [2.75, 3.05) is 21.0 Å². The minimum absolute atomic E-state index is 0.213. The van der Waals surface area contributed by atoms with Crippen molar-refractivity contribution in [3.8, 4) is 23.0 Å². The normalized spacial score (nSPS) is 12.0. The first-order valence-electron chi connectivity index (χ1n) is 12.0. The largest absolute Gasteiger partial charge is 0.497 e. The number of thiazole rings is 1. The number of methoxy groups -OCH3 is 2. The lowest BCUT2D eigenvalue weighted by molar-refractivity contribution is 0.0946. The molecule has 5 rings (SSSR count). The van der Waals surface area contributed by atoms with Crippen molar-refractivity contribution in [1.29, 1.82) is 0 Å². The predicted molar refractivity (Wildman–Crippen MR) is 143 cm³/mol. The Hall–Kier alpha value is -4.15. The van der Waals surface area contributed by atoms with E-state index in [1.807, 2.05) is 48.5 Å². The number of nitrogens with one attached hydrogen (secondary N) is 1. The number of hydrogen-bond donors (Lipinski definition) is 1. The smallest absolute Gasteiger partial charge is 0.271 e. The zero-order valence-corrected chi connectivity index (χ0v) is 22.0. The van der Waals surface area contributed by atoms with Crippen LogP contribution in [0.3, 0.4) is 0 Å². The number of aromatic nitrogens is 2. The van der Waals surface area contributed by atoms with Crippen LogP contribution in [0.5, 0.6) is 23.0 Å². The molecule has 4 aromatic rings. The molecule has 10 heteroatoms. The Balaban J connectivity index is 1.32. The Morgan fingerprint density at radius 1 is 1.03 bits per heavy atom. The van der Waals surface area contributed by atoms with Crippen LogP contribution in [0.25, 0.3) is 0 Å². The summed E-state index contributed by atoms with van der Waals surface area (Å²) in [7, 11) is 3.28. The highest BCUT2D eigenvalue weighted by Crippen LogP contribution is 2.33. The SMILES string of the molecule is COc1ccc(CN(Cc2ccc3c(c2)OCO3)Cc2nc(C(=O)NCc3cccnc3)cs2)c(OC)c1. The zero-order chi connectivity index (χ0) is 26.3. The Morgan fingerprint density at radius 2 is 1.92 bits per heavy atom. The second-order valence-electron chi connectivity index (χ2n) is 8.68. The second-order valence-corrected chi connectivity index (χ2v) is 9.62. The number of nitrogens with zero attached hydrogens (tertiary/aromatic N) is 3. The first-order chi connectivity index (χ1) is 18.6. The quantitative estimate of drug-likeness (QED) is 0.304. The van der Waals surface area contributed by atoms with Crippen LogP contribution in [0.2, 0.25) is 0 Å². The van der Waals surface area contributed by atoms with Gasteiger partial charge in [-0.2, -0.15) is 0 Å². The van der Waals surface area contributed by atoms with Crippen LogP contribution in [0.4, 0.5) is 0 Å². The monoisotopic (exact) mass is 532 g/mol. The van der Waals surface area contributed by atoms with Gasteiger partial charge in [-0.25, -0.2) is 4.98 Å².